The van der Waals surface area contributed by atoms with Crippen molar-refractivity contribution >= 4 is 6.47 Å². The molecule has 0 heterocycles. The van der Waals surface area contributed by atoms with Crippen LogP contribution in [-0.2, 0) is 14.3 Å². The van der Waals surface area contributed by atoms with Crippen molar-refractivity contribution in [2.75, 3.05) is 20.3 Å². The molecule has 0 atom stereocenters. The first kappa shape index (κ1) is 14.4. The van der Waals surface area contributed by atoms with Crippen LogP contribution in [0, 0.1) is 0 Å². The summed E-state index contributed by atoms with van der Waals surface area (Å²) in [4.78, 5) is 9.83. The minimum Gasteiger partial charge on any atom is -0.468 e. The number of carbonyl (C=O) groups is 1. The second-order valence-electron chi connectivity index (χ2n) is 3.79. The number of methoxy groups -OCH3 is 1. The number of hydrogen-bond acceptors (Lipinski definition) is 3. The second-order valence-corrected chi connectivity index (χ2v) is 3.79. The van der Waals surface area contributed by atoms with Gasteiger partial charge in [-0.2, -0.15) is 0 Å². The van der Waals surface area contributed by atoms with E-state index < -0.39 is 0 Å². The average Bonchev–Trinajstić information content (AvgIpc) is 2.26. The minimum atomic E-state index is 0.524. The third-order valence-corrected chi connectivity index (χ3v) is 2.43. The fourth-order valence-corrected chi connectivity index (χ4v) is 1.54. The molecule has 0 rings (SSSR count). The lowest BCUT2D eigenvalue weighted by Crippen LogP contribution is -1.91. The van der Waals surface area contributed by atoms with Gasteiger partial charge in [-0.25, -0.2) is 0 Å². The molecule has 0 fully saturated rings. The van der Waals surface area contributed by atoms with E-state index in [2.05, 4.69) is 4.74 Å². The Hall–Kier alpha value is -0.570. The van der Waals surface area contributed by atoms with E-state index in [1.54, 1.807) is 7.11 Å². The van der Waals surface area contributed by atoms with Crippen LogP contribution in [0.3, 0.4) is 0 Å². The Balaban J connectivity index is 2.83. The van der Waals surface area contributed by atoms with Gasteiger partial charge in [0.2, 0.25) is 0 Å². The molecule has 0 aliphatic carbocycles. The molecule has 3 nitrogen and oxygen atoms in total. The summed E-state index contributed by atoms with van der Waals surface area (Å²) < 4.78 is 9.59. The van der Waals surface area contributed by atoms with Crippen molar-refractivity contribution in [3.63, 3.8) is 0 Å². The standard InChI is InChI=1S/C12H24O3/c1-14-10-8-6-4-2-3-5-7-9-11-15-12-13/h12H,2-11H2,1H3. The number of hydrogen-bond donors (Lipinski definition) is 0. The maximum absolute atomic E-state index is 9.83. The van der Waals surface area contributed by atoms with Gasteiger partial charge in [-0.05, 0) is 12.8 Å². The highest BCUT2D eigenvalue weighted by Crippen LogP contribution is 2.08. The third-order valence-electron chi connectivity index (χ3n) is 2.43. The Labute approximate surface area is 93.1 Å². The van der Waals surface area contributed by atoms with Gasteiger partial charge in [-0.3, -0.25) is 4.79 Å². The molecule has 0 aromatic carbocycles. The molecule has 0 aliphatic rings. The maximum atomic E-state index is 9.83. The lowest BCUT2D eigenvalue weighted by atomic mass is 10.1. The minimum absolute atomic E-state index is 0.524. The maximum Gasteiger partial charge on any atom is 0.293 e. The van der Waals surface area contributed by atoms with Crippen molar-refractivity contribution in [3.8, 4) is 0 Å². The van der Waals surface area contributed by atoms with Crippen LogP contribution < -0.4 is 0 Å². The molecule has 90 valence electrons. The Morgan fingerprint density at radius 3 is 1.73 bits per heavy atom. The topological polar surface area (TPSA) is 35.5 Å². The van der Waals surface area contributed by atoms with Gasteiger partial charge in [0.05, 0.1) is 6.61 Å². The second kappa shape index (κ2) is 13.4. The lowest BCUT2D eigenvalue weighted by molar-refractivity contribution is -0.128. The molecule has 0 saturated carbocycles. The van der Waals surface area contributed by atoms with Gasteiger partial charge in [-0.1, -0.05) is 38.5 Å². The van der Waals surface area contributed by atoms with Crippen LogP contribution in [0.1, 0.15) is 51.4 Å². The van der Waals surface area contributed by atoms with Crippen LogP contribution in [0.4, 0.5) is 0 Å². The molecule has 0 aromatic heterocycles. The quantitative estimate of drug-likeness (QED) is 0.371. The van der Waals surface area contributed by atoms with Crippen LogP contribution in [0.25, 0.3) is 0 Å². The van der Waals surface area contributed by atoms with Gasteiger partial charge in [0.15, 0.2) is 0 Å². The molecule has 0 saturated heterocycles. The van der Waals surface area contributed by atoms with E-state index >= 15 is 0 Å². The van der Waals surface area contributed by atoms with Gasteiger partial charge in [-0.15, -0.1) is 0 Å². The van der Waals surface area contributed by atoms with E-state index in [0.29, 0.717) is 13.1 Å². The normalized spacial score (nSPS) is 10.2. The molecule has 0 aliphatic heterocycles. The van der Waals surface area contributed by atoms with Gasteiger partial charge in [0.1, 0.15) is 0 Å². The van der Waals surface area contributed by atoms with E-state index in [9.17, 15) is 4.79 Å². The SMILES string of the molecule is COCCCCCCCCCCOC=O. The summed E-state index contributed by atoms with van der Waals surface area (Å²) in [6.45, 7) is 2.00. The molecule has 0 amide bonds. The van der Waals surface area contributed by atoms with Gasteiger partial charge in [0.25, 0.3) is 6.47 Å². The third kappa shape index (κ3) is 13.4. The molecular weight excluding hydrogens is 192 g/mol. The number of rotatable bonds is 12. The highest BCUT2D eigenvalue weighted by molar-refractivity contribution is 5.36. The summed E-state index contributed by atoms with van der Waals surface area (Å²) in [6.07, 6.45) is 9.83. The molecule has 0 aromatic rings. The first-order valence-electron chi connectivity index (χ1n) is 5.96. The summed E-state index contributed by atoms with van der Waals surface area (Å²) in [6, 6.07) is 0. The van der Waals surface area contributed by atoms with Gasteiger partial charge < -0.3 is 9.47 Å². The Morgan fingerprint density at radius 1 is 0.800 bits per heavy atom. The van der Waals surface area contributed by atoms with E-state index in [4.69, 9.17) is 4.74 Å². The molecule has 0 radical (unpaired) electrons. The fourth-order valence-electron chi connectivity index (χ4n) is 1.54. The van der Waals surface area contributed by atoms with E-state index in [1.807, 2.05) is 0 Å². The Kier molecular flexibility index (Phi) is 12.9. The molecule has 3 heteroatoms. The smallest absolute Gasteiger partial charge is 0.293 e. The predicted molar refractivity (Wildman–Crippen MR) is 60.8 cm³/mol. The zero-order valence-electron chi connectivity index (χ0n) is 9.87. The highest BCUT2D eigenvalue weighted by atomic mass is 16.5. The fraction of sp³-hybridized carbons (Fsp3) is 0.917. The van der Waals surface area contributed by atoms with E-state index in [0.717, 1.165) is 13.0 Å². The van der Waals surface area contributed by atoms with Crippen molar-refractivity contribution in [1.29, 1.82) is 0 Å². The van der Waals surface area contributed by atoms with Crippen molar-refractivity contribution in [2.45, 2.75) is 51.4 Å². The van der Waals surface area contributed by atoms with Crippen molar-refractivity contribution < 1.29 is 14.3 Å². The molecule has 0 spiro atoms. The van der Waals surface area contributed by atoms with E-state index in [1.165, 1.54) is 44.9 Å². The summed E-state index contributed by atoms with van der Waals surface area (Å²) in [7, 11) is 1.75. The summed E-state index contributed by atoms with van der Waals surface area (Å²) in [5.74, 6) is 0. The summed E-state index contributed by atoms with van der Waals surface area (Å²) >= 11 is 0. The first-order chi connectivity index (χ1) is 7.41. The van der Waals surface area contributed by atoms with Crippen molar-refractivity contribution in [3.05, 3.63) is 0 Å². The average molecular weight is 216 g/mol. The molecule has 0 bridgehead atoms. The van der Waals surface area contributed by atoms with Crippen LogP contribution in [0.5, 0.6) is 0 Å². The Bertz CT molecular complexity index is 126. The first-order valence-corrected chi connectivity index (χ1v) is 5.96. The molecule has 0 unspecified atom stereocenters. The van der Waals surface area contributed by atoms with Gasteiger partial charge >= 0.3 is 0 Å². The monoisotopic (exact) mass is 216 g/mol. The molecular formula is C12H24O3. The predicted octanol–water partition coefficient (Wildman–Crippen LogP) is 2.93. The van der Waals surface area contributed by atoms with Crippen LogP contribution in [0.15, 0.2) is 0 Å². The lowest BCUT2D eigenvalue weighted by Gasteiger charge is -2.01. The van der Waals surface area contributed by atoms with Crippen LogP contribution in [-0.4, -0.2) is 26.8 Å². The zero-order valence-corrected chi connectivity index (χ0v) is 9.87. The summed E-state index contributed by atoms with van der Waals surface area (Å²) in [5.41, 5.74) is 0. The van der Waals surface area contributed by atoms with Gasteiger partial charge in [0, 0.05) is 13.7 Å². The Morgan fingerprint density at radius 2 is 1.27 bits per heavy atom. The van der Waals surface area contributed by atoms with Crippen LogP contribution in [0.2, 0.25) is 0 Å². The summed E-state index contributed by atoms with van der Waals surface area (Å²) in [5, 5.41) is 0. The largest absolute Gasteiger partial charge is 0.468 e. The number of carbonyl (C=O) groups excluding carboxylic acids is 1. The van der Waals surface area contributed by atoms with E-state index in [-0.39, 0.29) is 0 Å². The molecule has 0 N–H and O–H groups in total. The van der Waals surface area contributed by atoms with Crippen molar-refractivity contribution in [2.24, 2.45) is 0 Å². The molecule has 15 heavy (non-hydrogen) atoms. The van der Waals surface area contributed by atoms with Crippen molar-refractivity contribution in [1.82, 2.24) is 0 Å². The zero-order chi connectivity index (χ0) is 11.2. The van der Waals surface area contributed by atoms with Crippen LogP contribution >= 0.6 is 0 Å². The number of unbranched alkanes of at least 4 members (excludes halogenated alkanes) is 7. The highest BCUT2D eigenvalue weighted by Gasteiger charge is 1.92. The number of ether oxygens (including phenoxy) is 2.